The number of aryl methyl sites for hydroxylation is 2. The minimum Gasteiger partial charge on any atom is -0.344 e. The van der Waals surface area contributed by atoms with Gasteiger partial charge in [0.2, 0.25) is 5.91 Å². The van der Waals surface area contributed by atoms with E-state index in [9.17, 15) is 4.79 Å². The van der Waals surface area contributed by atoms with Crippen LogP contribution in [0, 0.1) is 19.8 Å². The predicted octanol–water partition coefficient (Wildman–Crippen LogP) is 3.45. The molecule has 1 aromatic heterocycles. The highest BCUT2D eigenvalue weighted by Crippen LogP contribution is 2.28. The summed E-state index contributed by atoms with van der Waals surface area (Å²) in [5.41, 5.74) is 7.72. The molecular weight excluding hydrogens is 306 g/mol. The Hall–Kier alpha value is -1.72. The third-order valence-electron chi connectivity index (χ3n) is 4.14. The quantitative estimate of drug-likeness (QED) is 0.882. The lowest BCUT2D eigenvalue weighted by atomic mass is 9.93. The van der Waals surface area contributed by atoms with Crippen LogP contribution in [-0.2, 0) is 10.3 Å². The number of hydrogen-bond acceptors (Lipinski definition) is 4. The van der Waals surface area contributed by atoms with Gasteiger partial charge in [-0.15, -0.1) is 11.3 Å². The fourth-order valence-electron chi connectivity index (χ4n) is 2.34. The molecule has 3 N–H and O–H groups in total. The Bertz CT molecular complexity index is 659. The zero-order valence-corrected chi connectivity index (χ0v) is 15.2. The smallest absolute Gasteiger partial charge is 0.225 e. The topological polar surface area (TPSA) is 68.0 Å². The molecule has 0 aliphatic rings. The van der Waals surface area contributed by atoms with Crippen molar-refractivity contribution < 1.29 is 4.79 Å². The lowest BCUT2D eigenvalue weighted by Gasteiger charge is -2.28. The summed E-state index contributed by atoms with van der Waals surface area (Å²) in [5, 5.41) is 4.01. The molecule has 0 radical (unpaired) electrons. The number of amides is 1. The molecule has 0 saturated heterocycles. The van der Waals surface area contributed by atoms with Crippen molar-refractivity contribution in [3.05, 3.63) is 51.5 Å². The predicted molar refractivity (Wildman–Crippen MR) is 95.3 cm³/mol. The molecule has 1 aromatic carbocycles. The van der Waals surface area contributed by atoms with Crippen LogP contribution in [0.25, 0.3) is 0 Å². The summed E-state index contributed by atoms with van der Waals surface area (Å²) < 4.78 is 0. The highest BCUT2D eigenvalue weighted by atomic mass is 32.1. The van der Waals surface area contributed by atoms with Crippen LogP contribution in [0.2, 0.25) is 0 Å². The van der Waals surface area contributed by atoms with Crippen LogP contribution in [-0.4, -0.2) is 10.9 Å². The van der Waals surface area contributed by atoms with Gasteiger partial charge < -0.3 is 11.1 Å². The van der Waals surface area contributed by atoms with Crippen LogP contribution < -0.4 is 11.1 Å². The van der Waals surface area contributed by atoms with Crippen LogP contribution >= 0.6 is 11.3 Å². The molecule has 5 heteroatoms. The van der Waals surface area contributed by atoms with Crippen molar-refractivity contribution in [1.29, 1.82) is 0 Å². The van der Waals surface area contributed by atoms with Gasteiger partial charge >= 0.3 is 0 Å². The fourth-order valence-corrected chi connectivity index (χ4v) is 3.31. The van der Waals surface area contributed by atoms with Gasteiger partial charge in [-0.2, -0.15) is 0 Å². The molecule has 0 bridgehead atoms. The number of thiazole rings is 1. The van der Waals surface area contributed by atoms with Gasteiger partial charge in [0, 0.05) is 10.9 Å². The number of carbonyl (C=O) groups excluding carboxylic acids is 1. The molecule has 4 nitrogen and oxygen atoms in total. The first-order valence-corrected chi connectivity index (χ1v) is 8.61. The number of nitrogens with one attached hydrogen (secondary N) is 1. The van der Waals surface area contributed by atoms with E-state index in [1.165, 1.54) is 4.88 Å². The Morgan fingerprint density at radius 1 is 1.26 bits per heavy atom. The maximum absolute atomic E-state index is 12.6. The summed E-state index contributed by atoms with van der Waals surface area (Å²) in [4.78, 5) is 18.4. The molecular formula is C18H25N3OS. The highest BCUT2D eigenvalue weighted by Gasteiger charge is 2.31. The van der Waals surface area contributed by atoms with Crippen LogP contribution in [0.3, 0.4) is 0 Å². The van der Waals surface area contributed by atoms with Crippen LogP contribution in [0.1, 0.15) is 48.0 Å². The lowest BCUT2D eigenvalue weighted by molar-refractivity contribution is -0.126. The molecule has 1 amide bonds. The van der Waals surface area contributed by atoms with Crippen molar-refractivity contribution in [3.63, 3.8) is 0 Å². The fraction of sp³-hybridized carbons (Fsp3) is 0.444. The van der Waals surface area contributed by atoms with E-state index in [-0.39, 0.29) is 17.9 Å². The van der Waals surface area contributed by atoms with Gasteiger partial charge in [-0.05, 0) is 33.3 Å². The maximum Gasteiger partial charge on any atom is 0.225 e. The van der Waals surface area contributed by atoms with E-state index in [1.807, 2.05) is 65.0 Å². The van der Waals surface area contributed by atoms with E-state index in [0.29, 0.717) is 0 Å². The Morgan fingerprint density at radius 3 is 2.39 bits per heavy atom. The number of nitrogens with zero attached hydrogens (tertiary/aromatic N) is 1. The van der Waals surface area contributed by atoms with Gasteiger partial charge in [0.1, 0.15) is 5.01 Å². The second-order valence-electron chi connectivity index (χ2n) is 6.50. The van der Waals surface area contributed by atoms with Crippen molar-refractivity contribution in [2.45, 2.75) is 46.2 Å². The van der Waals surface area contributed by atoms with Crippen molar-refractivity contribution in [1.82, 2.24) is 10.3 Å². The summed E-state index contributed by atoms with van der Waals surface area (Å²) in [6, 6.07) is 9.39. The molecule has 2 rings (SSSR count). The number of benzene rings is 1. The third kappa shape index (κ3) is 3.98. The summed E-state index contributed by atoms with van der Waals surface area (Å²) in [6.07, 6.45) is 0. The molecule has 2 atom stereocenters. The summed E-state index contributed by atoms with van der Waals surface area (Å²) in [5.74, 6) is -0.379. The first-order valence-electron chi connectivity index (χ1n) is 7.79. The zero-order chi connectivity index (χ0) is 17.2. The molecule has 1 heterocycles. The average Bonchev–Trinajstić information content (AvgIpc) is 2.86. The number of nitrogens with two attached hydrogens (primary N) is 1. The monoisotopic (exact) mass is 331 g/mol. The van der Waals surface area contributed by atoms with Gasteiger partial charge in [0.15, 0.2) is 0 Å². The normalized spacial score (nSPS) is 14.3. The molecule has 0 aliphatic carbocycles. The van der Waals surface area contributed by atoms with E-state index in [0.717, 1.165) is 16.3 Å². The SMILES string of the molecule is Cc1nc(C(C)(C)NC(=O)C(C)C(N)c2ccccc2)sc1C. The van der Waals surface area contributed by atoms with Crippen molar-refractivity contribution in [3.8, 4) is 0 Å². The number of carbonyl (C=O) groups is 1. The van der Waals surface area contributed by atoms with Crippen LogP contribution in [0.4, 0.5) is 0 Å². The number of aromatic nitrogens is 1. The number of hydrogen-bond donors (Lipinski definition) is 2. The van der Waals surface area contributed by atoms with E-state index < -0.39 is 5.54 Å². The molecule has 23 heavy (non-hydrogen) atoms. The van der Waals surface area contributed by atoms with Gasteiger partial charge in [0.05, 0.1) is 17.2 Å². The largest absolute Gasteiger partial charge is 0.344 e. The van der Waals surface area contributed by atoms with E-state index in [4.69, 9.17) is 5.73 Å². The molecule has 2 aromatic rings. The molecule has 2 unspecified atom stereocenters. The van der Waals surface area contributed by atoms with Crippen molar-refractivity contribution in [2.24, 2.45) is 11.7 Å². The van der Waals surface area contributed by atoms with Crippen molar-refractivity contribution in [2.75, 3.05) is 0 Å². The Morgan fingerprint density at radius 2 is 1.87 bits per heavy atom. The van der Waals surface area contributed by atoms with Gasteiger partial charge in [-0.25, -0.2) is 4.98 Å². The van der Waals surface area contributed by atoms with Crippen molar-refractivity contribution >= 4 is 17.2 Å². The van der Waals surface area contributed by atoms with E-state index in [1.54, 1.807) is 11.3 Å². The zero-order valence-electron chi connectivity index (χ0n) is 14.4. The molecule has 0 aliphatic heterocycles. The van der Waals surface area contributed by atoms with Crippen LogP contribution in [0.5, 0.6) is 0 Å². The summed E-state index contributed by atoms with van der Waals surface area (Å²) in [7, 11) is 0. The summed E-state index contributed by atoms with van der Waals surface area (Å²) in [6.45, 7) is 9.84. The van der Waals surface area contributed by atoms with E-state index in [2.05, 4.69) is 10.3 Å². The highest BCUT2D eigenvalue weighted by molar-refractivity contribution is 7.11. The lowest BCUT2D eigenvalue weighted by Crippen LogP contribution is -2.45. The molecule has 0 saturated carbocycles. The van der Waals surface area contributed by atoms with Gasteiger partial charge in [0.25, 0.3) is 0 Å². The Kier molecular flexibility index (Phi) is 5.22. The standard InChI is InChI=1S/C18H25N3OS/c1-11(15(19)14-9-7-6-8-10-14)16(22)21-18(4,5)17-20-12(2)13(3)23-17/h6-11,15H,19H2,1-5H3,(H,21,22). The average molecular weight is 331 g/mol. The summed E-state index contributed by atoms with van der Waals surface area (Å²) >= 11 is 1.62. The molecule has 0 spiro atoms. The van der Waals surface area contributed by atoms with Gasteiger partial charge in [-0.1, -0.05) is 37.3 Å². The Labute approximate surface area is 142 Å². The first-order chi connectivity index (χ1) is 10.7. The third-order valence-corrected chi connectivity index (χ3v) is 5.53. The first kappa shape index (κ1) is 17.6. The second kappa shape index (κ2) is 6.81. The molecule has 124 valence electrons. The van der Waals surface area contributed by atoms with E-state index >= 15 is 0 Å². The second-order valence-corrected chi connectivity index (χ2v) is 7.70. The minimum atomic E-state index is -0.508. The Balaban J connectivity index is 2.11. The van der Waals surface area contributed by atoms with Crippen LogP contribution in [0.15, 0.2) is 30.3 Å². The number of rotatable bonds is 5. The maximum atomic E-state index is 12.6. The van der Waals surface area contributed by atoms with Gasteiger partial charge in [-0.3, -0.25) is 4.79 Å². The molecule has 0 fully saturated rings. The minimum absolute atomic E-state index is 0.0585.